The summed E-state index contributed by atoms with van der Waals surface area (Å²) in [7, 11) is 0. The predicted octanol–water partition coefficient (Wildman–Crippen LogP) is 5.90. The van der Waals surface area contributed by atoms with E-state index < -0.39 is 0 Å². The zero-order chi connectivity index (χ0) is 22.4. The van der Waals surface area contributed by atoms with Crippen LogP contribution in [0, 0.1) is 11.3 Å². The van der Waals surface area contributed by atoms with Crippen LogP contribution in [0.2, 0.25) is 6.82 Å². The van der Waals surface area contributed by atoms with Crippen LogP contribution >= 0.6 is 0 Å². The number of likely N-dealkylation sites (tertiary alicyclic amines) is 1. The van der Waals surface area contributed by atoms with Crippen LogP contribution in [0.1, 0.15) is 84.6 Å². The van der Waals surface area contributed by atoms with E-state index in [4.69, 9.17) is 0 Å². The maximum Gasteiger partial charge on any atom is 0.197 e. The van der Waals surface area contributed by atoms with Crippen molar-refractivity contribution in [2.45, 2.75) is 91.9 Å². The molecule has 172 valence electrons. The van der Waals surface area contributed by atoms with Crippen molar-refractivity contribution in [3.63, 3.8) is 0 Å². The maximum absolute atomic E-state index is 3.49. The summed E-state index contributed by atoms with van der Waals surface area (Å²) in [5.41, 5.74) is 4.94. The minimum Gasteiger partial charge on any atom is -0.316 e. The molecule has 1 N–H and O–H groups in total. The minimum absolute atomic E-state index is 0.372. The van der Waals surface area contributed by atoms with Gasteiger partial charge in [0.25, 0.3) is 0 Å². The lowest BCUT2D eigenvalue weighted by Gasteiger charge is -2.31. The van der Waals surface area contributed by atoms with Gasteiger partial charge in [-0.15, -0.1) is 5.98 Å². The van der Waals surface area contributed by atoms with Gasteiger partial charge < -0.3 is 5.32 Å². The van der Waals surface area contributed by atoms with Gasteiger partial charge in [0, 0.05) is 31.6 Å². The van der Waals surface area contributed by atoms with Crippen molar-refractivity contribution >= 4 is 12.2 Å². The van der Waals surface area contributed by atoms with Gasteiger partial charge in [-0.3, -0.25) is 4.90 Å². The number of nitrogens with zero attached hydrogens (tertiary/aromatic N) is 1. The van der Waals surface area contributed by atoms with Crippen LogP contribution in [0.3, 0.4) is 0 Å². The molecule has 3 fully saturated rings. The zero-order valence-corrected chi connectivity index (χ0v) is 21.2. The molecule has 3 aliphatic rings. The van der Waals surface area contributed by atoms with Crippen molar-refractivity contribution in [3.8, 4) is 0 Å². The molecule has 0 aromatic heterocycles. The molecule has 2 aliphatic heterocycles. The highest BCUT2D eigenvalue weighted by Gasteiger charge is 2.42. The first kappa shape index (κ1) is 24.6. The molecule has 0 spiro atoms. The van der Waals surface area contributed by atoms with E-state index in [9.17, 15) is 0 Å². The topological polar surface area (TPSA) is 15.3 Å². The Morgan fingerprint density at radius 2 is 1.74 bits per heavy atom. The van der Waals surface area contributed by atoms with E-state index in [2.05, 4.69) is 68.1 Å². The molecular formula is C28H47BN2. The largest absolute Gasteiger partial charge is 0.316 e. The van der Waals surface area contributed by atoms with Gasteiger partial charge >= 0.3 is 0 Å². The maximum atomic E-state index is 3.49. The fraction of sp³-hybridized carbons (Fsp3) is 0.714. The number of hydrogen-bond acceptors (Lipinski definition) is 2. The second-order valence-electron chi connectivity index (χ2n) is 10.8. The number of hydrogen-bond donors (Lipinski definition) is 1. The molecule has 4 rings (SSSR count). The van der Waals surface area contributed by atoms with E-state index in [1.54, 1.807) is 11.1 Å². The second kappa shape index (κ2) is 11.2. The first-order chi connectivity index (χ1) is 14.9. The molecule has 1 saturated carbocycles. The lowest BCUT2D eigenvalue weighted by Crippen LogP contribution is -2.35. The highest BCUT2D eigenvalue weighted by Crippen LogP contribution is 2.44. The molecule has 1 aromatic carbocycles. The van der Waals surface area contributed by atoms with Crippen LogP contribution in [0.4, 0.5) is 0 Å². The Morgan fingerprint density at radius 1 is 1.06 bits per heavy atom. The van der Waals surface area contributed by atoms with Crippen LogP contribution in [0.5, 0.6) is 0 Å². The van der Waals surface area contributed by atoms with E-state index in [0.717, 1.165) is 18.5 Å². The summed E-state index contributed by atoms with van der Waals surface area (Å²) in [4.78, 5) is 2.82. The molecule has 2 nitrogen and oxygen atoms in total. The molecule has 2 atom stereocenters. The van der Waals surface area contributed by atoms with Crippen LogP contribution < -0.4 is 10.8 Å². The summed E-state index contributed by atoms with van der Waals surface area (Å²) in [5, 5.41) is 3.49. The molecule has 2 saturated heterocycles. The molecule has 1 aliphatic carbocycles. The fourth-order valence-electron chi connectivity index (χ4n) is 6.16. The van der Waals surface area contributed by atoms with Gasteiger partial charge in [0.05, 0.1) is 0 Å². The van der Waals surface area contributed by atoms with Gasteiger partial charge in [-0.2, -0.15) is 0 Å². The van der Waals surface area contributed by atoms with E-state index in [-0.39, 0.29) is 0 Å². The second-order valence-corrected chi connectivity index (χ2v) is 10.8. The van der Waals surface area contributed by atoms with Gasteiger partial charge in [-0.05, 0) is 49.6 Å². The molecular weight excluding hydrogens is 375 g/mol. The van der Waals surface area contributed by atoms with Gasteiger partial charge in [-0.1, -0.05) is 89.1 Å². The molecule has 2 unspecified atom stereocenters. The first-order valence-electron chi connectivity index (χ1n) is 13.2. The van der Waals surface area contributed by atoms with E-state index in [1.807, 2.05) is 13.8 Å². The average Bonchev–Trinajstić information content (AvgIpc) is 3.44. The van der Waals surface area contributed by atoms with E-state index in [1.165, 1.54) is 63.6 Å². The summed E-state index contributed by atoms with van der Waals surface area (Å²) in [6, 6.07) is 10.5. The third-order valence-corrected chi connectivity index (χ3v) is 8.14. The third kappa shape index (κ3) is 6.05. The Hall–Kier alpha value is -1.06. The van der Waals surface area contributed by atoms with Crippen molar-refractivity contribution in [3.05, 3.63) is 41.4 Å². The molecule has 0 bridgehead atoms. The predicted molar refractivity (Wildman–Crippen MR) is 139 cm³/mol. The van der Waals surface area contributed by atoms with Gasteiger partial charge in [-0.25, -0.2) is 0 Å². The Balaban J connectivity index is 0.00000132. The van der Waals surface area contributed by atoms with E-state index in [0.29, 0.717) is 18.0 Å². The van der Waals surface area contributed by atoms with Gasteiger partial charge in [0.1, 0.15) is 0 Å². The Labute approximate surface area is 193 Å². The highest BCUT2D eigenvalue weighted by atomic mass is 15.2. The summed E-state index contributed by atoms with van der Waals surface area (Å²) in [5.74, 6) is 3.90. The van der Waals surface area contributed by atoms with Crippen molar-refractivity contribution in [1.29, 1.82) is 0 Å². The van der Waals surface area contributed by atoms with Crippen LogP contribution in [-0.2, 0) is 0 Å². The SMILES string of the molecule is CB(/C=C(\C)C1CCNC1)c1ccc(C2CN(C3CCCCC3)CC2(C)C)cc1.CC. The average molecular weight is 423 g/mol. The smallest absolute Gasteiger partial charge is 0.197 e. The van der Waals surface area contributed by atoms with Gasteiger partial charge in [0.15, 0.2) is 6.71 Å². The number of nitrogens with one attached hydrogen (secondary N) is 1. The summed E-state index contributed by atoms with van der Waals surface area (Å²) in [6.45, 7) is 19.0. The van der Waals surface area contributed by atoms with Crippen LogP contribution in [0.15, 0.2) is 35.8 Å². The van der Waals surface area contributed by atoms with E-state index >= 15 is 0 Å². The standard InChI is InChI=1S/C26H41BN2.C2H6/c1-20(22-14-15-28-17-22)16-27(4)23-12-10-21(11-13-23)25-18-29(19-26(25,2)3)24-8-6-5-7-9-24;1-2/h10-13,16,22,24-25,28H,5-9,14-15,17-19H2,1-4H3;1-2H3/b20-16+;. The van der Waals surface area contributed by atoms with Crippen LogP contribution in [0.25, 0.3) is 0 Å². The molecule has 2 heterocycles. The Bertz CT molecular complexity index is 696. The lowest BCUT2D eigenvalue weighted by molar-refractivity contribution is 0.174. The monoisotopic (exact) mass is 422 g/mol. The van der Waals surface area contributed by atoms with Crippen molar-refractivity contribution in [1.82, 2.24) is 10.2 Å². The molecule has 31 heavy (non-hydrogen) atoms. The Morgan fingerprint density at radius 3 is 2.35 bits per heavy atom. The number of rotatable bonds is 5. The Kier molecular flexibility index (Phi) is 8.87. The third-order valence-electron chi connectivity index (χ3n) is 8.14. The normalized spacial score (nSPS) is 27.1. The number of benzene rings is 1. The summed E-state index contributed by atoms with van der Waals surface area (Å²) < 4.78 is 0. The summed E-state index contributed by atoms with van der Waals surface area (Å²) >= 11 is 0. The molecule has 3 heteroatoms. The molecule has 0 radical (unpaired) electrons. The van der Waals surface area contributed by atoms with Crippen molar-refractivity contribution < 1.29 is 0 Å². The fourth-order valence-corrected chi connectivity index (χ4v) is 6.16. The quantitative estimate of drug-likeness (QED) is 0.595. The van der Waals surface area contributed by atoms with Gasteiger partial charge in [0.2, 0.25) is 0 Å². The molecule has 0 amide bonds. The minimum atomic E-state index is 0.372. The van der Waals surface area contributed by atoms with Crippen LogP contribution in [-0.4, -0.2) is 43.8 Å². The van der Waals surface area contributed by atoms with Crippen molar-refractivity contribution in [2.24, 2.45) is 11.3 Å². The van der Waals surface area contributed by atoms with Crippen molar-refractivity contribution in [2.75, 3.05) is 26.2 Å². The lowest BCUT2D eigenvalue weighted by atomic mass is 9.46. The zero-order valence-electron chi connectivity index (χ0n) is 21.2. The summed E-state index contributed by atoms with van der Waals surface area (Å²) in [6.07, 6.45) is 8.44. The highest BCUT2D eigenvalue weighted by molar-refractivity contribution is 6.76. The first-order valence-corrected chi connectivity index (χ1v) is 13.2. The molecule has 1 aromatic rings.